The fourth-order valence-corrected chi connectivity index (χ4v) is 0.837. The van der Waals surface area contributed by atoms with Crippen LogP contribution in [-0.4, -0.2) is 11.1 Å². The minimum Gasteiger partial charge on any atom is -0.487 e. The molecule has 0 aromatic heterocycles. The van der Waals surface area contributed by atoms with Gasteiger partial charge in [-0.15, -0.1) is 18.7 Å². The van der Waals surface area contributed by atoms with Crippen LogP contribution in [0.1, 0.15) is 15.9 Å². The van der Waals surface area contributed by atoms with Crippen molar-refractivity contribution in [3.8, 4) is 0 Å². The van der Waals surface area contributed by atoms with Gasteiger partial charge in [0.25, 0.3) is 5.97 Å². The van der Waals surface area contributed by atoms with Gasteiger partial charge in [-0.05, 0) is 5.56 Å². The molecule has 12 heavy (non-hydrogen) atoms. The zero-order chi connectivity index (χ0) is 8.27. The number of hydrogen-bond acceptors (Lipinski definition) is 2. The number of benzene rings is 1. The first-order valence-corrected chi connectivity index (χ1v) is 3.13. The molecule has 3 nitrogen and oxygen atoms in total. The number of hydrogen-bond donors (Lipinski definition) is 2. The Morgan fingerprint density at radius 2 is 2.00 bits per heavy atom. The Morgan fingerprint density at radius 1 is 1.42 bits per heavy atom. The largest absolute Gasteiger partial charge is 0.487 e. The number of rotatable bonds is 2. The van der Waals surface area contributed by atoms with Crippen LogP contribution < -0.4 is 5.73 Å². The summed E-state index contributed by atoms with van der Waals surface area (Å²) in [7, 11) is 0. The van der Waals surface area contributed by atoms with Crippen LogP contribution in [-0.2, 0) is 32.7 Å². The van der Waals surface area contributed by atoms with E-state index in [9.17, 15) is 4.79 Å². The van der Waals surface area contributed by atoms with E-state index in [1.807, 2.05) is 0 Å². The molecule has 0 bridgehead atoms. The summed E-state index contributed by atoms with van der Waals surface area (Å²) in [6.45, 7) is 1.28. The van der Waals surface area contributed by atoms with Crippen LogP contribution >= 0.6 is 0 Å². The fourth-order valence-electron chi connectivity index (χ4n) is 0.837. The van der Waals surface area contributed by atoms with Gasteiger partial charge >= 0.3 is 0 Å². The molecule has 1 rings (SSSR count). The molecule has 0 unspecified atom stereocenters. The average molecular weight is 239 g/mol. The van der Waals surface area contributed by atoms with Crippen LogP contribution in [0.3, 0.4) is 0 Å². The van der Waals surface area contributed by atoms with Crippen LogP contribution in [0.2, 0.25) is 0 Å². The van der Waals surface area contributed by atoms with Crippen LogP contribution in [0.15, 0.2) is 24.3 Å². The van der Waals surface area contributed by atoms with E-state index in [4.69, 9.17) is 10.8 Å². The number of nitrogens with two attached hydrogens (primary N) is 1. The summed E-state index contributed by atoms with van der Waals surface area (Å²) in [5, 5.41) is 8.62. The second-order valence-electron chi connectivity index (χ2n) is 2.06. The summed E-state index contributed by atoms with van der Waals surface area (Å²) < 4.78 is 0. The summed E-state index contributed by atoms with van der Waals surface area (Å²) in [5.74, 6) is -0.956. The molecule has 1 aromatic rings. The fraction of sp³-hybridized carbons (Fsp3) is 0. The normalized spacial score (nSPS) is 8.42. The molecule has 0 saturated heterocycles. The summed E-state index contributed by atoms with van der Waals surface area (Å²) >= 11 is 0. The number of carbonyl (C=O) groups is 1. The Kier molecular flexibility index (Phi) is 5.14. The van der Waals surface area contributed by atoms with Gasteiger partial charge in [0.05, 0.1) is 0 Å². The maximum atomic E-state index is 10.5. The summed E-state index contributed by atoms with van der Waals surface area (Å²) in [4.78, 5) is 10.5. The van der Waals surface area contributed by atoms with Crippen LogP contribution in [0.4, 0.5) is 0 Å². The Balaban J connectivity index is 0.00000121. The van der Waals surface area contributed by atoms with Crippen molar-refractivity contribution in [1.82, 2.24) is 0 Å². The molecule has 0 saturated carbocycles. The quantitative estimate of drug-likeness (QED) is 0.752. The summed E-state index contributed by atoms with van der Waals surface area (Å²) in [6.07, 6.45) is 0. The van der Waals surface area contributed by atoms with E-state index in [-0.39, 0.29) is 38.3 Å². The summed E-state index contributed by atoms with van der Waals surface area (Å²) in [6, 6.07) is 6.58. The van der Waals surface area contributed by atoms with E-state index in [0.717, 1.165) is 0 Å². The monoisotopic (exact) mass is 239 g/mol. The van der Waals surface area contributed by atoms with E-state index in [2.05, 4.69) is 0 Å². The van der Waals surface area contributed by atoms with E-state index in [1.165, 1.54) is 12.6 Å². The smallest absolute Gasteiger partial charge is 0.279 e. The first-order chi connectivity index (χ1) is 5.25. The maximum absolute atomic E-state index is 10.5. The standard InChI is InChI=1S/C8H8NO2.Y/c9-5-6-3-1-2-4-7(6)8(10)11;/h1-5H,9H2,(H,10,11);/q-1;. The number of carboxylic acids is 1. The Bertz CT molecular complexity index is 276. The van der Waals surface area contributed by atoms with Crippen LogP contribution in [0.5, 0.6) is 0 Å². The van der Waals surface area contributed by atoms with Gasteiger partial charge in [0, 0.05) is 32.7 Å². The van der Waals surface area contributed by atoms with Gasteiger partial charge in [-0.25, -0.2) is 0 Å². The first-order valence-electron chi connectivity index (χ1n) is 3.13. The predicted molar refractivity (Wildman–Crippen MR) is 41.0 cm³/mol. The zero-order valence-electron chi connectivity index (χ0n) is 6.40. The first kappa shape index (κ1) is 11.6. The topological polar surface area (TPSA) is 63.3 Å². The average Bonchev–Trinajstić information content (AvgIpc) is 2.04. The molecule has 0 fully saturated rings. The third kappa shape index (κ3) is 2.59. The number of carboxylic acid groups (broad SMARTS) is 1. The molecule has 4 heteroatoms. The van der Waals surface area contributed by atoms with Crippen molar-refractivity contribution in [2.45, 2.75) is 0 Å². The molecule has 3 N–H and O–H groups in total. The van der Waals surface area contributed by atoms with Gasteiger partial charge < -0.3 is 10.8 Å². The second-order valence-corrected chi connectivity index (χ2v) is 2.06. The molecule has 0 aliphatic heterocycles. The van der Waals surface area contributed by atoms with Crippen molar-refractivity contribution < 1.29 is 42.6 Å². The molecular weight excluding hydrogens is 231 g/mol. The van der Waals surface area contributed by atoms with Crippen LogP contribution in [0.25, 0.3) is 0 Å². The minimum absolute atomic E-state index is 0. The zero-order valence-corrected chi connectivity index (χ0v) is 9.24. The molecular formula is C8H8NO2Y-. The Labute approximate surface area is 95.8 Å². The maximum Gasteiger partial charge on any atom is 0.279 e. The minimum atomic E-state index is -0.956. The molecule has 0 amide bonds. The van der Waals surface area contributed by atoms with Crippen molar-refractivity contribution >= 4 is 5.97 Å². The third-order valence-electron chi connectivity index (χ3n) is 1.37. The van der Waals surface area contributed by atoms with Gasteiger partial charge in [-0.2, -0.15) is 11.6 Å². The van der Waals surface area contributed by atoms with E-state index < -0.39 is 5.97 Å². The second kappa shape index (κ2) is 5.30. The third-order valence-corrected chi connectivity index (χ3v) is 1.37. The molecule has 1 radical (unpaired) electrons. The van der Waals surface area contributed by atoms with Gasteiger partial charge in [-0.3, -0.25) is 4.79 Å². The van der Waals surface area contributed by atoms with E-state index in [0.29, 0.717) is 5.56 Å². The van der Waals surface area contributed by atoms with Crippen molar-refractivity contribution in [2.75, 3.05) is 0 Å². The van der Waals surface area contributed by atoms with E-state index >= 15 is 0 Å². The molecule has 0 spiro atoms. The van der Waals surface area contributed by atoms with E-state index in [1.54, 1.807) is 18.2 Å². The Morgan fingerprint density at radius 3 is 2.42 bits per heavy atom. The van der Waals surface area contributed by atoms with Crippen molar-refractivity contribution in [3.63, 3.8) is 0 Å². The van der Waals surface area contributed by atoms with Crippen molar-refractivity contribution in [3.05, 3.63) is 41.9 Å². The number of aromatic carboxylic acids is 1. The van der Waals surface area contributed by atoms with Gasteiger partial charge in [0.1, 0.15) is 0 Å². The van der Waals surface area contributed by atoms with Crippen molar-refractivity contribution in [2.24, 2.45) is 5.73 Å². The molecule has 0 heterocycles. The Hall–Kier alpha value is -0.376. The van der Waals surface area contributed by atoms with Gasteiger partial charge in [-0.1, -0.05) is 6.07 Å². The van der Waals surface area contributed by atoms with Gasteiger partial charge in [0.2, 0.25) is 0 Å². The van der Waals surface area contributed by atoms with Gasteiger partial charge in [0.15, 0.2) is 0 Å². The molecule has 1 aromatic carbocycles. The van der Waals surface area contributed by atoms with Crippen molar-refractivity contribution in [1.29, 1.82) is 0 Å². The molecule has 0 aliphatic carbocycles. The molecule has 0 atom stereocenters. The summed E-state index contributed by atoms with van der Waals surface area (Å²) in [5.41, 5.74) is 5.97. The molecule has 61 valence electrons. The SMILES string of the molecule is N[CH-]c1ccccc1C(=O)O.[Y]. The van der Waals surface area contributed by atoms with Crippen LogP contribution in [0, 0.1) is 6.54 Å². The molecule has 0 aliphatic rings. The predicted octanol–water partition coefficient (Wildman–Crippen LogP) is 0.851.